The van der Waals surface area contributed by atoms with Crippen molar-refractivity contribution >= 4 is 11.4 Å². The lowest BCUT2D eigenvalue weighted by molar-refractivity contribution is 0.400. The molecule has 7 heavy (non-hydrogen) atoms. The van der Waals surface area contributed by atoms with E-state index >= 15 is 0 Å². The summed E-state index contributed by atoms with van der Waals surface area (Å²) in [6.07, 6.45) is 0.402. The monoisotopic (exact) mass is 125 g/mol. The van der Waals surface area contributed by atoms with Crippen molar-refractivity contribution in [3.8, 4) is 0 Å². The predicted molar refractivity (Wildman–Crippen MR) is 20.3 cm³/mol. The van der Waals surface area contributed by atoms with Gasteiger partial charge in [0, 0.05) is 0 Å². The van der Waals surface area contributed by atoms with Gasteiger partial charge in [0.15, 0.2) is 0 Å². The number of hydrogen-bond acceptors (Lipinski definition) is 3. The normalized spacial score (nSPS) is 14.6. The summed E-state index contributed by atoms with van der Waals surface area (Å²) < 4.78 is 33.0. The van der Waals surface area contributed by atoms with E-state index in [2.05, 4.69) is 4.18 Å². The molecule has 0 aliphatic heterocycles. The van der Waals surface area contributed by atoms with Crippen LogP contribution in [0.5, 0.6) is 0 Å². The Morgan fingerprint density at radius 1 is 1.86 bits per heavy atom. The highest BCUT2D eigenvalue weighted by Crippen LogP contribution is 1.79. The van der Waals surface area contributed by atoms with E-state index in [0.717, 1.165) is 0 Å². The highest BCUT2D eigenvalue weighted by atomic mass is 32.2. The van der Waals surface area contributed by atoms with Crippen LogP contribution in [0.4, 0.5) is 4.39 Å². The van der Waals surface area contributed by atoms with Crippen LogP contribution in [0, 0.1) is 0 Å². The second kappa shape index (κ2) is 3.76. The first-order chi connectivity index (χ1) is 3.27. The Bertz CT molecular complexity index is 90.9. The molecule has 0 saturated heterocycles. The van der Waals surface area contributed by atoms with Gasteiger partial charge >= 0.3 is 0 Å². The summed E-state index contributed by atoms with van der Waals surface area (Å²) >= 11 is -2.64. The van der Waals surface area contributed by atoms with Gasteiger partial charge in [0.1, 0.15) is 24.0 Å². The Morgan fingerprint density at radius 3 is 2.57 bits per heavy atom. The van der Waals surface area contributed by atoms with Crippen LogP contribution in [0.1, 0.15) is 0 Å². The molecule has 1 unspecified atom stereocenters. The van der Waals surface area contributed by atoms with Gasteiger partial charge in [-0.3, -0.25) is 0 Å². The lowest BCUT2D eigenvalue weighted by Crippen LogP contribution is -1.84. The summed E-state index contributed by atoms with van der Waals surface area (Å²) in [6, 6.07) is 0. The molecule has 0 rings (SSSR count). The molecule has 1 atom stereocenters. The Labute approximate surface area is 42.3 Å². The molecule has 0 bridgehead atoms. The molecule has 0 radical (unpaired) electrons. The minimum absolute atomic E-state index is 0.0181. The third-order valence-corrected chi connectivity index (χ3v) is 0.454. The zero-order valence-electron chi connectivity index (χ0n) is 3.17. The average Bonchev–Trinajstić information content (AvgIpc) is 1.61. The van der Waals surface area contributed by atoms with E-state index in [-0.39, 0.29) is 6.33 Å². The van der Waals surface area contributed by atoms with Crippen molar-refractivity contribution in [3.05, 3.63) is 12.6 Å². The highest BCUT2D eigenvalue weighted by Gasteiger charge is 1.68. The van der Waals surface area contributed by atoms with Crippen LogP contribution in [-0.2, 0) is 15.5 Å². The summed E-state index contributed by atoms with van der Waals surface area (Å²) in [5, 5.41) is 0. The number of rotatable bonds is 2. The maximum atomic E-state index is 10.8. The summed E-state index contributed by atoms with van der Waals surface area (Å²) in [5.41, 5.74) is 0. The van der Waals surface area contributed by atoms with Crippen LogP contribution in [0.15, 0.2) is 12.6 Å². The smallest absolute Gasteiger partial charge is 0.138 e. The Kier molecular flexibility index (Phi) is 3.53. The molecule has 0 saturated carbocycles. The Morgan fingerprint density at radius 2 is 2.43 bits per heavy atom. The summed E-state index contributed by atoms with van der Waals surface area (Å²) in [5.74, 6) is 0. The van der Waals surface area contributed by atoms with Crippen LogP contribution in [0.3, 0.4) is 0 Å². The SMILES string of the molecule is O=S([O-])OC=CF. The van der Waals surface area contributed by atoms with Crippen molar-refractivity contribution in [2.75, 3.05) is 0 Å². The molecule has 5 heteroatoms. The van der Waals surface area contributed by atoms with Crippen LogP contribution < -0.4 is 0 Å². The fourth-order valence-corrected chi connectivity index (χ4v) is 0.199. The number of hydrogen-bond donors (Lipinski definition) is 0. The molecule has 0 fully saturated rings. The van der Waals surface area contributed by atoms with Crippen LogP contribution in [-0.4, -0.2) is 8.76 Å². The fraction of sp³-hybridized carbons (Fsp3) is 0. The molecule has 0 amide bonds. The first kappa shape index (κ1) is 6.58. The molecule has 0 aliphatic rings. The second-order valence-electron chi connectivity index (χ2n) is 0.562. The van der Waals surface area contributed by atoms with E-state index in [0.29, 0.717) is 6.26 Å². The minimum atomic E-state index is -2.64. The van der Waals surface area contributed by atoms with Gasteiger partial charge in [-0.15, -0.1) is 0 Å². The van der Waals surface area contributed by atoms with E-state index in [1.807, 2.05) is 0 Å². The van der Waals surface area contributed by atoms with E-state index < -0.39 is 11.4 Å². The highest BCUT2D eigenvalue weighted by molar-refractivity contribution is 7.74. The zero-order valence-corrected chi connectivity index (χ0v) is 3.98. The lowest BCUT2D eigenvalue weighted by Gasteiger charge is -1.97. The third-order valence-electron chi connectivity index (χ3n) is 0.186. The molecular formula is C2H2FO3S-. The van der Waals surface area contributed by atoms with E-state index in [1.165, 1.54) is 0 Å². The maximum absolute atomic E-state index is 10.8. The molecule has 0 aromatic rings. The molecular weight excluding hydrogens is 123 g/mol. The van der Waals surface area contributed by atoms with Crippen molar-refractivity contribution in [3.63, 3.8) is 0 Å². The molecule has 0 spiro atoms. The van der Waals surface area contributed by atoms with Crippen LogP contribution in [0.25, 0.3) is 0 Å². The van der Waals surface area contributed by atoms with Crippen molar-refractivity contribution in [1.29, 1.82) is 0 Å². The quantitative estimate of drug-likeness (QED) is 0.392. The maximum Gasteiger partial charge on any atom is 0.138 e. The lowest BCUT2D eigenvalue weighted by atomic mass is 11.1. The minimum Gasteiger partial charge on any atom is -0.740 e. The number of halogens is 1. The Balaban J connectivity index is 3.14. The largest absolute Gasteiger partial charge is 0.740 e. The van der Waals surface area contributed by atoms with E-state index in [9.17, 15) is 13.2 Å². The van der Waals surface area contributed by atoms with Gasteiger partial charge in [0.25, 0.3) is 0 Å². The van der Waals surface area contributed by atoms with Crippen molar-refractivity contribution in [2.24, 2.45) is 0 Å². The van der Waals surface area contributed by atoms with Crippen molar-refractivity contribution < 1.29 is 17.3 Å². The van der Waals surface area contributed by atoms with Gasteiger partial charge in [-0.2, -0.15) is 0 Å². The fourth-order valence-electron chi connectivity index (χ4n) is 0.0664. The zero-order chi connectivity index (χ0) is 5.70. The van der Waals surface area contributed by atoms with E-state index in [1.54, 1.807) is 0 Å². The molecule has 42 valence electrons. The molecule has 0 aliphatic carbocycles. The summed E-state index contributed by atoms with van der Waals surface area (Å²) in [4.78, 5) is 0. The van der Waals surface area contributed by atoms with Gasteiger partial charge in [0.2, 0.25) is 0 Å². The topological polar surface area (TPSA) is 49.4 Å². The first-order valence-corrected chi connectivity index (χ1v) is 2.29. The molecule has 0 heterocycles. The third kappa shape index (κ3) is 5.58. The molecule has 0 aromatic heterocycles. The summed E-state index contributed by atoms with van der Waals surface area (Å²) in [7, 11) is 0. The van der Waals surface area contributed by atoms with Crippen LogP contribution in [0.2, 0.25) is 0 Å². The second-order valence-corrected chi connectivity index (χ2v) is 1.16. The van der Waals surface area contributed by atoms with E-state index in [4.69, 9.17) is 0 Å². The van der Waals surface area contributed by atoms with Gasteiger partial charge in [0.05, 0.1) is 0 Å². The first-order valence-electron chi connectivity index (χ1n) is 1.29. The van der Waals surface area contributed by atoms with Crippen molar-refractivity contribution in [2.45, 2.75) is 0 Å². The van der Waals surface area contributed by atoms with Gasteiger partial charge < -0.3 is 8.74 Å². The molecule has 3 nitrogen and oxygen atoms in total. The standard InChI is InChI=1S/C2H3FO3S/c3-1-2-6-7(4)5/h1-2H,(H,4,5)/p-1. The van der Waals surface area contributed by atoms with Gasteiger partial charge in [-0.25, -0.2) is 8.60 Å². The predicted octanol–water partition coefficient (Wildman–Crippen LogP) is 0.238. The molecule has 0 aromatic carbocycles. The van der Waals surface area contributed by atoms with Crippen molar-refractivity contribution in [1.82, 2.24) is 0 Å². The molecule has 0 N–H and O–H groups in total. The average molecular weight is 125 g/mol. The van der Waals surface area contributed by atoms with Crippen LogP contribution >= 0.6 is 0 Å². The Hall–Kier alpha value is -0.420. The van der Waals surface area contributed by atoms with Gasteiger partial charge in [-0.1, -0.05) is 0 Å². The summed E-state index contributed by atoms with van der Waals surface area (Å²) in [6.45, 7) is 0. The van der Waals surface area contributed by atoms with Gasteiger partial charge in [-0.05, 0) is 0 Å².